The van der Waals surface area contributed by atoms with Gasteiger partial charge >= 0.3 is 0 Å². The molecule has 1 aliphatic rings. The molecule has 0 atom stereocenters. The molecule has 0 aromatic heterocycles. The molecule has 2 aromatic rings. The number of benzene rings is 2. The molecule has 0 amide bonds. The molecule has 1 aliphatic heterocycles. The second kappa shape index (κ2) is 3.63. The van der Waals surface area contributed by atoms with Crippen molar-refractivity contribution in [3.05, 3.63) is 53.1 Å². The number of rotatable bonds is 1. The monoisotopic (exact) mass is 226 g/mol. The van der Waals surface area contributed by atoms with Crippen LogP contribution in [0.15, 0.2) is 36.4 Å². The number of hydrogen-bond acceptors (Lipinski definition) is 3. The van der Waals surface area contributed by atoms with E-state index in [1.807, 2.05) is 24.3 Å². The highest BCUT2D eigenvalue weighted by Crippen LogP contribution is 2.38. The van der Waals surface area contributed by atoms with Crippen LogP contribution in [0.4, 0.5) is 0 Å². The van der Waals surface area contributed by atoms with Gasteiger partial charge in [0.1, 0.15) is 17.2 Å². The van der Waals surface area contributed by atoms with Gasteiger partial charge in [0.2, 0.25) is 0 Å². The van der Waals surface area contributed by atoms with Crippen LogP contribution in [0.5, 0.6) is 17.2 Å². The van der Waals surface area contributed by atoms with Crippen LogP contribution in [0.25, 0.3) is 0 Å². The molecule has 84 valence electrons. The topological polar surface area (TPSA) is 46.5 Å². The van der Waals surface area contributed by atoms with Crippen LogP contribution in [-0.4, -0.2) is 11.4 Å². The van der Waals surface area contributed by atoms with E-state index in [1.54, 1.807) is 6.07 Å². The lowest BCUT2D eigenvalue weighted by Crippen LogP contribution is -2.03. The number of para-hydroxylation sites is 1. The van der Waals surface area contributed by atoms with Gasteiger partial charge in [0.25, 0.3) is 0 Å². The Hall–Kier alpha value is -2.29. The standard InChI is InChI=1S/C14H10O3/c15-8-11-6-10-5-9-3-1-2-4-13(9)17-14(10)7-12(11)16/h1-4,6-8,16H,5H2. The molecular formula is C14H10O3. The molecule has 3 nitrogen and oxygen atoms in total. The Morgan fingerprint density at radius 3 is 2.76 bits per heavy atom. The van der Waals surface area contributed by atoms with E-state index in [4.69, 9.17) is 4.74 Å². The third-order valence-corrected chi connectivity index (χ3v) is 2.91. The van der Waals surface area contributed by atoms with Crippen LogP contribution in [0.1, 0.15) is 21.5 Å². The Morgan fingerprint density at radius 2 is 1.94 bits per heavy atom. The van der Waals surface area contributed by atoms with Crippen LogP contribution in [0.2, 0.25) is 0 Å². The number of phenols is 1. The van der Waals surface area contributed by atoms with Gasteiger partial charge in [-0.05, 0) is 17.7 Å². The predicted molar refractivity (Wildman–Crippen MR) is 62.8 cm³/mol. The summed E-state index contributed by atoms with van der Waals surface area (Å²) in [5.41, 5.74) is 2.30. The van der Waals surface area contributed by atoms with Crippen molar-refractivity contribution in [1.29, 1.82) is 0 Å². The zero-order valence-electron chi connectivity index (χ0n) is 9.01. The molecule has 0 fully saturated rings. The highest BCUT2D eigenvalue weighted by molar-refractivity contribution is 5.80. The maximum absolute atomic E-state index is 10.8. The summed E-state index contributed by atoms with van der Waals surface area (Å²) in [6.07, 6.45) is 1.36. The van der Waals surface area contributed by atoms with Crippen molar-refractivity contribution >= 4 is 6.29 Å². The second-order valence-electron chi connectivity index (χ2n) is 4.02. The molecule has 0 unspecified atom stereocenters. The summed E-state index contributed by atoms with van der Waals surface area (Å²) in [6.45, 7) is 0. The molecule has 0 bridgehead atoms. The quantitative estimate of drug-likeness (QED) is 0.649. The lowest BCUT2D eigenvalue weighted by molar-refractivity contribution is 0.112. The normalized spacial score (nSPS) is 12.2. The van der Waals surface area contributed by atoms with Crippen molar-refractivity contribution in [3.8, 4) is 17.2 Å². The maximum atomic E-state index is 10.8. The van der Waals surface area contributed by atoms with Crippen molar-refractivity contribution in [2.45, 2.75) is 6.42 Å². The van der Waals surface area contributed by atoms with Gasteiger partial charge in [-0.2, -0.15) is 0 Å². The van der Waals surface area contributed by atoms with E-state index in [0.29, 0.717) is 24.0 Å². The summed E-state index contributed by atoms with van der Waals surface area (Å²) in [5, 5.41) is 9.60. The van der Waals surface area contributed by atoms with Crippen molar-refractivity contribution in [3.63, 3.8) is 0 Å². The minimum atomic E-state index is -0.0434. The molecule has 0 aliphatic carbocycles. The van der Waals surface area contributed by atoms with Gasteiger partial charge < -0.3 is 9.84 Å². The lowest BCUT2D eigenvalue weighted by Gasteiger charge is -2.20. The van der Waals surface area contributed by atoms with Crippen LogP contribution in [0.3, 0.4) is 0 Å². The molecule has 3 rings (SSSR count). The third kappa shape index (κ3) is 1.56. The largest absolute Gasteiger partial charge is 0.507 e. The first-order valence-corrected chi connectivity index (χ1v) is 5.35. The Bertz CT molecular complexity index is 602. The molecule has 0 saturated carbocycles. The fraction of sp³-hybridized carbons (Fsp3) is 0.0714. The van der Waals surface area contributed by atoms with Crippen molar-refractivity contribution in [1.82, 2.24) is 0 Å². The Balaban J connectivity index is 2.12. The highest BCUT2D eigenvalue weighted by Gasteiger charge is 2.18. The van der Waals surface area contributed by atoms with Crippen LogP contribution < -0.4 is 4.74 Å². The number of phenolic OH excluding ortho intramolecular Hbond substituents is 1. The van der Waals surface area contributed by atoms with E-state index in [2.05, 4.69) is 0 Å². The zero-order chi connectivity index (χ0) is 11.8. The van der Waals surface area contributed by atoms with E-state index in [9.17, 15) is 9.90 Å². The molecule has 0 radical (unpaired) electrons. The van der Waals surface area contributed by atoms with E-state index in [0.717, 1.165) is 16.9 Å². The lowest BCUT2D eigenvalue weighted by atomic mass is 9.98. The number of carbonyl (C=O) groups is 1. The summed E-state index contributed by atoms with van der Waals surface area (Å²) in [6, 6.07) is 10.9. The van der Waals surface area contributed by atoms with Crippen LogP contribution in [0, 0.1) is 0 Å². The average molecular weight is 226 g/mol. The smallest absolute Gasteiger partial charge is 0.153 e. The minimum Gasteiger partial charge on any atom is -0.507 e. The SMILES string of the molecule is O=Cc1cc2c(cc1O)Oc1ccccc1C2. The Labute approximate surface area is 98.3 Å². The summed E-state index contributed by atoms with van der Waals surface area (Å²) < 4.78 is 5.68. The molecule has 0 spiro atoms. The van der Waals surface area contributed by atoms with Crippen molar-refractivity contribution in [2.75, 3.05) is 0 Å². The molecule has 0 saturated heterocycles. The molecule has 2 aromatic carbocycles. The molecular weight excluding hydrogens is 216 g/mol. The summed E-state index contributed by atoms with van der Waals surface area (Å²) in [4.78, 5) is 10.8. The maximum Gasteiger partial charge on any atom is 0.153 e. The first-order valence-electron chi connectivity index (χ1n) is 5.35. The van der Waals surface area contributed by atoms with Crippen molar-refractivity contribution in [2.24, 2.45) is 0 Å². The molecule has 1 N–H and O–H groups in total. The van der Waals surface area contributed by atoms with Crippen LogP contribution in [-0.2, 0) is 6.42 Å². The summed E-state index contributed by atoms with van der Waals surface area (Å²) >= 11 is 0. The van der Waals surface area contributed by atoms with Gasteiger partial charge in [-0.25, -0.2) is 0 Å². The first kappa shape index (κ1) is 9.90. The second-order valence-corrected chi connectivity index (χ2v) is 4.02. The fourth-order valence-electron chi connectivity index (χ4n) is 2.03. The Kier molecular flexibility index (Phi) is 2.11. The van der Waals surface area contributed by atoms with Gasteiger partial charge in [-0.15, -0.1) is 0 Å². The van der Waals surface area contributed by atoms with Crippen LogP contribution >= 0.6 is 0 Å². The van der Waals surface area contributed by atoms with Gasteiger partial charge in [0, 0.05) is 18.1 Å². The number of aldehydes is 1. The molecule has 3 heteroatoms. The number of carbonyl (C=O) groups excluding carboxylic acids is 1. The average Bonchev–Trinajstić information content (AvgIpc) is 2.35. The zero-order valence-corrected chi connectivity index (χ0v) is 9.01. The summed E-state index contributed by atoms with van der Waals surface area (Å²) in [7, 11) is 0. The highest BCUT2D eigenvalue weighted by atomic mass is 16.5. The van der Waals surface area contributed by atoms with Crippen molar-refractivity contribution < 1.29 is 14.6 Å². The van der Waals surface area contributed by atoms with E-state index >= 15 is 0 Å². The Morgan fingerprint density at radius 1 is 1.12 bits per heavy atom. The minimum absolute atomic E-state index is 0.0434. The number of fused-ring (bicyclic) bond motifs is 2. The molecule has 17 heavy (non-hydrogen) atoms. The number of hydrogen-bond donors (Lipinski definition) is 1. The van der Waals surface area contributed by atoms with Gasteiger partial charge in [0.15, 0.2) is 6.29 Å². The van der Waals surface area contributed by atoms with E-state index < -0.39 is 0 Å². The predicted octanol–water partition coefficient (Wildman–Crippen LogP) is 2.90. The fourth-order valence-corrected chi connectivity index (χ4v) is 2.03. The summed E-state index contributed by atoms with van der Waals surface area (Å²) in [5.74, 6) is 1.38. The van der Waals surface area contributed by atoms with E-state index in [1.165, 1.54) is 6.07 Å². The van der Waals surface area contributed by atoms with Gasteiger partial charge in [-0.3, -0.25) is 4.79 Å². The number of ether oxygens (including phenoxy) is 1. The van der Waals surface area contributed by atoms with Gasteiger partial charge in [-0.1, -0.05) is 18.2 Å². The first-order chi connectivity index (χ1) is 8.28. The van der Waals surface area contributed by atoms with E-state index in [-0.39, 0.29) is 5.75 Å². The van der Waals surface area contributed by atoms with Gasteiger partial charge in [0.05, 0.1) is 5.56 Å². The number of aromatic hydroxyl groups is 1. The molecule has 1 heterocycles. The third-order valence-electron chi connectivity index (χ3n) is 2.91.